The molecule has 0 aliphatic heterocycles. The number of amides is 2. The molecule has 6 nitrogen and oxygen atoms in total. The summed E-state index contributed by atoms with van der Waals surface area (Å²) in [5.41, 5.74) is 7.49. The Morgan fingerprint density at radius 3 is 2.17 bits per heavy atom. The van der Waals surface area contributed by atoms with Crippen LogP contribution in [0.1, 0.15) is 20.7 Å². The molecule has 1 heterocycles. The number of hydrogen-bond donors (Lipinski definition) is 2. The molecule has 0 fully saturated rings. The van der Waals surface area contributed by atoms with Gasteiger partial charge in [0, 0.05) is 22.4 Å². The molecule has 3 rings (SSSR count). The average molecular weight is 307 g/mol. The number of rotatable bonds is 4. The molecule has 0 atom stereocenters. The molecule has 0 saturated heterocycles. The highest BCUT2D eigenvalue weighted by Gasteiger charge is 2.08. The summed E-state index contributed by atoms with van der Waals surface area (Å²) in [5.74, 6) is -0.120. The molecule has 3 N–H and O–H groups in total. The van der Waals surface area contributed by atoms with Gasteiger partial charge < -0.3 is 15.5 Å². The maximum atomic E-state index is 12.2. The molecule has 0 aliphatic carbocycles. The van der Waals surface area contributed by atoms with Crippen LogP contribution in [-0.4, -0.2) is 16.8 Å². The van der Waals surface area contributed by atoms with Gasteiger partial charge in [0.05, 0.1) is 6.20 Å². The molecule has 6 heteroatoms. The van der Waals surface area contributed by atoms with E-state index in [9.17, 15) is 9.59 Å². The zero-order valence-corrected chi connectivity index (χ0v) is 12.0. The first-order valence-corrected chi connectivity index (χ1v) is 6.83. The molecule has 0 radical (unpaired) electrons. The van der Waals surface area contributed by atoms with Crippen LogP contribution in [0.3, 0.4) is 0 Å². The minimum Gasteiger partial charge on any atom is -0.444 e. The predicted octanol–water partition coefficient (Wildman–Crippen LogP) is 2.69. The van der Waals surface area contributed by atoms with E-state index in [0.717, 1.165) is 5.56 Å². The van der Waals surface area contributed by atoms with E-state index in [4.69, 9.17) is 10.2 Å². The zero-order valence-electron chi connectivity index (χ0n) is 12.0. The van der Waals surface area contributed by atoms with Crippen LogP contribution in [-0.2, 0) is 0 Å². The first-order chi connectivity index (χ1) is 11.1. The highest BCUT2D eigenvalue weighted by molar-refractivity contribution is 6.04. The standard InChI is InChI=1S/C17H13N3O3/c18-16(21)12-5-7-14(8-6-12)20-17(22)13-3-1-11(2-4-13)15-9-19-10-23-15/h1-10H,(H2,18,21)(H,20,22). The Bertz CT molecular complexity index is 823. The largest absolute Gasteiger partial charge is 0.444 e. The Kier molecular flexibility index (Phi) is 3.88. The van der Waals surface area contributed by atoms with Gasteiger partial charge in [0.1, 0.15) is 0 Å². The van der Waals surface area contributed by atoms with Crippen LogP contribution in [0.2, 0.25) is 0 Å². The van der Waals surface area contributed by atoms with E-state index in [0.29, 0.717) is 22.6 Å². The van der Waals surface area contributed by atoms with Crippen molar-refractivity contribution in [2.24, 2.45) is 5.73 Å². The summed E-state index contributed by atoms with van der Waals surface area (Å²) in [7, 11) is 0. The van der Waals surface area contributed by atoms with Crippen LogP contribution in [0.15, 0.2) is 65.5 Å². The van der Waals surface area contributed by atoms with Crippen molar-refractivity contribution in [2.45, 2.75) is 0 Å². The SMILES string of the molecule is NC(=O)c1ccc(NC(=O)c2ccc(-c3cnco3)cc2)cc1. The first-order valence-electron chi connectivity index (χ1n) is 6.83. The summed E-state index contributed by atoms with van der Waals surface area (Å²) >= 11 is 0. The van der Waals surface area contributed by atoms with Gasteiger partial charge in [-0.15, -0.1) is 0 Å². The molecule has 2 amide bonds. The molecule has 1 aromatic heterocycles. The maximum absolute atomic E-state index is 12.2. The lowest BCUT2D eigenvalue weighted by Gasteiger charge is -2.06. The van der Waals surface area contributed by atoms with Crippen LogP contribution < -0.4 is 11.1 Å². The number of hydrogen-bond acceptors (Lipinski definition) is 4. The predicted molar refractivity (Wildman–Crippen MR) is 84.9 cm³/mol. The van der Waals surface area contributed by atoms with Crippen molar-refractivity contribution >= 4 is 17.5 Å². The lowest BCUT2D eigenvalue weighted by atomic mass is 10.1. The van der Waals surface area contributed by atoms with Crippen molar-refractivity contribution < 1.29 is 14.0 Å². The fourth-order valence-electron chi connectivity index (χ4n) is 2.07. The van der Waals surface area contributed by atoms with Gasteiger partial charge in [0.2, 0.25) is 5.91 Å². The van der Waals surface area contributed by atoms with Crippen LogP contribution in [0.4, 0.5) is 5.69 Å². The second kappa shape index (κ2) is 6.15. The Labute approximate surface area is 132 Å². The lowest BCUT2D eigenvalue weighted by molar-refractivity contribution is 0.0998. The number of nitrogens with two attached hydrogens (primary N) is 1. The summed E-state index contributed by atoms with van der Waals surface area (Å²) in [6, 6.07) is 13.3. The van der Waals surface area contributed by atoms with E-state index in [2.05, 4.69) is 10.3 Å². The van der Waals surface area contributed by atoms with Crippen LogP contribution >= 0.6 is 0 Å². The third kappa shape index (κ3) is 3.26. The molecule has 114 valence electrons. The minimum atomic E-state index is -0.508. The van der Waals surface area contributed by atoms with Crippen molar-refractivity contribution in [3.63, 3.8) is 0 Å². The number of carbonyl (C=O) groups excluding carboxylic acids is 2. The van der Waals surface area contributed by atoms with Gasteiger partial charge in [-0.05, 0) is 36.4 Å². The third-order valence-electron chi connectivity index (χ3n) is 3.29. The molecular formula is C17H13N3O3. The van der Waals surface area contributed by atoms with Gasteiger partial charge in [-0.25, -0.2) is 4.98 Å². The van der Waals surface area contributed by atoms with Crippen molar-refractivity contribution in [2.75, 3.05) is 5.32 Å². The molecular weight excluding hydrogens is 294 g/mol. The second-order valence-corrected chi connectivity index (χ2v) is 4.84. The van der Waals surface area contributed by atoms with Gasteiger partial charge in [-0.2, -0.15) is 0 Å². The second-order valence-electron chi connectivity index (χ2n) is 4.84. The Hall–Kier alpha value is -3.41. The number of nitrogens with zero attached hydrogens (tertiary/aromatic N) is 1. The average Bonchev–Trinajstić information content (AvgIpc) is 3.10. The molecule has 0 bridgehead atoms. The van der Waals surface area contributed by atoms with E-state index in [-0.39, 0.29) is 5.91 Å². The van der Waals surface area contributed by atoms with Gasteiger partial charge >= 0.3 is 0 Å². The van der Waals surface area contributed by atoms with E-state index in [1.165, 1.54) is 6.39 Å². The highest BCUT2D eigenvalue weighted by atomic mass is 16.3. The maximum Gasteiger partial charge on any atom is 0.255 e. The van der Waals surface area contributed by atoms with E-state index in [1.807, 2.05) is 0 Å². The number of nitrogens with one attached hydrogen (secondary N) is 1. The fraction of sp³-hybridized carbons (Fsp3) is 0. The summed E-state index contributed by atoms with van der Waals surface area (Å²) in [6.45, 7) is 0. The van der Waals surface area contributed by atoms with E-state index in [1.54, 1.807) is 54.7 Å². The van der Waals surface area contributed by atoms with Gasteiger partial charge in [0.15, 0.2) is 12.2 Å². The summed E-state index contributed by atoms with van der Waals surface area (Å²) in [6.07, 6.45) is 2.96. The molecule has 3 aromatic rings. The van der Waals surface area contributed by atoms with Gasteiger partial charge in [0.25, 0.3) is 5.91 Å². The van der Waals surface area contributed by atoms with Crippen molar-refractivity contribution in [3.8, 4) is 11.3 Å². The number of anilines is 1. The fourth-order valence-corrected chi connectivity index (χ4v) is 2.07. The normalized spacial score (nSPS) is 10.3. The van der Waals surface area contributed by atoms with E-state index >= 15 is 0 Å². The number of primary amides is 1. The zero-order chi connectivity index (χ0) is 16.2. The summed E-state index contributed by atoms with van der Waals surface area (Å²) in [4.78, 5) is 27.1. The molecule has 0 unspecified atom stereocenters. The Morgan fingerprint density at radius 2 is 1.61 bits per heavy atom. The van der Waals surface area contributed by atoms with Gasteiger partial charge in [-0.3, -0.25) is 9.59 Å². The summed E-state index contributed by atoms with van der Waals surface area (Å²) < 4.78 is 5.20. The van der Waals surface area contributed by atoms with Crippen LogP contribution in [0, 0.1) is 0 Å². The quantitative estimate of drug-likeness (QED) is 0.774. The monoisotopic (exact) mass is 307 g/mol. The number of carbonyl (C=O) groups is 2. The highest BCUT2D eigenvalue weighted by Crippen LogP contribution is 2.19. The molecule has 23 heavy (non-hydrogen) atoms. The smallest absolute Gasteiger partial charge is 0.255 e. The van der Waals surface area contributed by atoms with Crippen molar-refractivity contribution in [1.82, 2.24) is 4.98 Å². The van der Waals surface area contributed by atoms with Crippen LogP contribution in [0.25, 0.3) is 11.3 Å². The van der Waals surface area contributed by atoms with E-state index < -0.39 is 5.91 Å². The molecule has 0 saturated carbocycles. The number of oxazole rings is 1. The Morgan fingerprint density at radius 1 is 0.957 bits per heavy atom. The number of benzene rings is 2. The topological polar surface area (TPSA) is 98.2 Å². The summed E-state index contributed by atoms with van der Waals surface area (Å²) in [5, 5.41) is 2.75. The van der Waals surface area contributed by atoms with Gasteiger partial charge in [-0.1, -0.05) is 12.1 Å². The Balaban J connectivity index is 1.71. The third-order valence-corrected chi connectivity index (χ3v) is 3.29. The molecule has 0 aliphatic rings. The minimum absolute atomic E-state index is 0.249. The molecule has 2 aromatic carbocycles. The van der Waals surface area contributed by atoms with Crippen molar-refractivity contribution in [3.05, 3.63) is 72.2 Å². The lowest BCUT2D eigenvalue weighted by Crippen LogP contribution is -2.13. The van der Waals surface area contributed by atoms with Crippen LogP contribution in [0.5, 0.6) is 0 Å². The first kappa shape index (κ1) is 14.5. The molecule has 0 spiro atoms. The van der Waals surface area contributed by atoms with Crippen molar-refractivity contribution in [1.29, 1.82) is 0 Å². The number of aromatic nitrogens is 1.